The molecule has 0 aliphatic heterocycles. The summed E-state index contributed by atoms with van der Waals surface area (Å²) < 4.78 is 13.4. The minimum absolute atomic E-state index is 0.213. The highest BCUT2D eigenvalue weighted by Crippen LogP contribution is 2.12. The molecule has 0 aromatic heterocycles. The molecule has 1 atom stereocenters. The SMILES string of the molecule is CCN(Cc1ccc(C)c(F)c1)CC(C)C(=O)O. The van der Waals surface area contributed by atoms with Gasteiger partial charge in [0.25, 0.3) is 0 Å². The van der Waals surface area contributed by atoms with Crippen molar-refractivity contribution in [1.29, 1.82) is 0 Å². The van der Waals surface area contributed by atoms with Crippen molar-refractivity contribution in [1.82, 2.24) is 4.90 Å². The maximum Gasteiger partial charge on any atom is 0.307 e. The summed E-state index contributed by atoms with van der Waals surface area (Å²) in [6, 6.07) is 5.15. The second-order valence-corrected chi connectivity index (χ2v) is 4.65. The van der Waals surface area contributed by atoms with Crippen LogP contribution in [-0.4, -0.2) is 29.1 Å². The molecule has 3 nitrogen and oxygen atoms in total. The molecule has 0 radical (unpaired) electrons. The summed E-state index contributed by atoms with van der Waals surface area (Å²) in [5.41, 5.74) is 1.50. The highest BCUT2D eigenvalue weighted by molar-refractivity contribution is 5.69. The van der Waals surface area contributed by atoms with E-state index in [4.69, 9.17) is 5.11 Å². The Morgan fingerprint density at radius 3 is 2.67 bits per heavy atom. The van der Waals surface area contributed by atoms with Gasteiger partial charge in [0.1, 0.15) is 5.82 Å². The molecular formula is C14H20FNO2. The summed E-state index contributed by atoms with van der Waals surface area (Å²) in [5.74, 6) is -1.43. The second-order valence-electron chi connectivity index (χ2n) is 4.65. The zero-order chi connectivity index (χ0) is 13.7. The largest absolute Gasteiger partial charge is 0.481 e. The van der Waals surface area contributed by atoms with E-state index in [1.54, 1.807) is 19.9 Å². The average Bonchev–Trinajstić information content (AvgIpc) is 2.32. The Balaban J connectivity index is 2.67. The standard InChI is InChI=1S/C14H20FNO2/c1-4-16(8-11(3)14(17)18)9-12-6-5-10(2)13(15)7-12/h5-7,11H,4,8-9H2,1-3H3,(H,17,18). The molecule has 0 fully saturated rings. The number of carboxylic acid groups (broad SMARTS) is 1. The van der Waals surface area contributed by atoms with Gasteiger partial charge in [-0.1, -0.05) is 26.0 Å². The Bertz CT molecular complexity index is 420. The number of aliphatic carboxylic acids is 1. The van der Waals surface area contributed by atoms with E-state index in [-0.39, 0.29) is 5.82 Å². The number of hydrogen-bond donors (Lipinski definition) is 1. The van der Waals surface area contributed by atoms with Gasteiger partial charge in [-0.2, -0.15) is 0 Å². The van der Waals surface area contributed by atoms with Crippen molar-refractivity contribution in [3.05, 3.63) is 35.1 Å². The minimum atomic E-state index is -0.802. The number of benzene rings is 1. The topological polar surface area (TPSA) is 40.5 Å². The first-order chi connectivity index (χ1) is 8.43. The Hall–Kier alpha value is -1.42. The zero-order valence-corrected chi connectivity index (χ0v) is 11.1. The predicted molar refractivity (Wildman–Crippen MR) is 68.9 cm³/mol. The molecule has 1 rings (SSSR count). The van der Waals surface area contributed by atoms with Crippen molar-refractivity contribution in [2.24, 2.45) is 5.92 Å². The van der Waals surface area contributed by atoms with Gasteiger partial charge in [-0.05, 0) is 30.7 Å². The molecule has 0 aliphatic rings. The first-order valence-electron chi connectivity index (χ1n) is 6.14. The molecule has 100 valence electrons. The summed E-state index contributed by atoms with van der Waals surface area (Å²) in [7, 11) is 0. The highest BCUT2D eigenvalue weighted by atomic mass is 19.1. The van der Waals surface area contributed by atoms with Crippen LogP contribution in [0.25, 0.3) is 0 Å². The maximum absolute atomic E-state index is 13.4. The molecule has 0 bridgehead atoms. The van der Waals surface area contributed by atoms with Crippen LogP contribution in [0, 0.1) is 18.7 Å². The molecule has 0 amide bonds. The van der Waals surface area contributed by atoms with Gasteiger partial charge in [0.15, 0.2) is 0 Å². The van der Waals surface area contributed by atoms with Crippen LogP contribution in [0.4, 0.5) is 4.39 Å². The van der Waals surface area contributed by atoms with E-state index in [2.05, 4.69) is 0 Å². The van der Waals surface area contributed by atoms with Crippen molar-refractivity contribution in [2.75, 3.05) is 13.1 Å². The van der Waals surface area contributed by atoms with Gasteiger partial charge in [-0.15, -0.1) is 0 Å². The van der Waals surface area contributed by atoms with Crippen molar-refractivity contribution in [3.63, 3.8) is 0 Å². The van der Waals surface area contributed by atoms with Crippen LogP contribution < -0.4 is 0 Å². The normalized spacial score (nSPS) is 12.7. The van der Waals surface area contributed by atoms with Crippen molar-refractivity contribution in [3.8, 4) is 0 Å². The monoisotopic (exact) mass is 253 g/mol. The third-order valence-electron chi connectivity index (χ3n) is 3.04. The van der Waals surface area contributed by atoms with E-state index in [0.29, 0.717) is 18.7 Å². The fourth-order valence-corrected chi connectivity index (χ4v) is 1.76. The lowest BCUT2D eigenvalue weighted by atomic mass is 10.1. The van der Waals surface area contributed by atoms with E-state index in [9.17, 15) is 9.18 Å². The number of carbonyl (C=O) groups is 1. The first kappa shape index (κ1) is 14.6. The summed E-state index contributed by atoms with van der Waals surface area (Å²) in [6.07, 6.45) is 0. The molecule has 0 heterocycles. The van der Waals surface area contributed by atoms with E-state index in [1.165, 1.54) is 6.07 Å². The van der Waals surface area contributed by atoms with Crippen LogP contribution in [-0.2, 0) is 11.3 Å². The molecule has 0 saturated heterocycles. The molecule has 1 unspecified atom stereocenters. The second kappa shape index (κ2) is 6.50. The maximum atomic E-state index is 13.4. The van der Waals surface area contributed by atoms with E-state index >= 15 is 0 Å². The molecule has 0 spiro atoms. The van der Waals surface area contributed by atoms with Gasteiger partial charge in [-0.25, -0.2) is 4.39 Å². The van der Waals surface area contributed by atoms with Gasteiger partial charge in [0.05, 0.1) is 5.92 Å². The van der Waals surface area contributed by atoms with Crippen LogP contribution in [0.5, 0.6) is 0 Å². The van der Waals surface area contributed by atoms with Gasteiger partial charge in [-0.3, -0.25) is 9.69 Å². The number of aryl methyl sites for hydroxylation is 1. The lowest BCUT2D eigenvalue weighted by molar-refractivity contribution is -0.141. The molecule has 0 aliphatic carbocycles. The number of rotatable bonds is 6. The third-order valence-corrected chi connectivity index (χ3v) is 3.04. The fraction of sp³-hybridized carbons (Fsp3) is 0.500. The molecule has 1 N–H and O–H groups in total. The lowest BCUT2D eigenvalue weighted by Gasteiger charge is -2.22. The van der Waals surface area contributed by atoms with Crippen LogP contribution in [0.3, 0.4) is 0 Å². The van der Waals surface area contributed by atoms with Crippen LogP contribution in [0.15, 0.2) is 18.2 Å². The number of carboxylic acids is 1. The molecular weight excluding hydrogens is 233 g/mol. The van der Waals surface area contributed by atoms with Crippen molar-refractivity contribution < 1.29 is 14.3 Å². The van der Waals surface area contributed by atoms with Crippen LogP contribution in [0.1, 0.15) is 25.0 Å². The number of hydrogen-bond acceptors (Lipinski definition) is 2. The average molecular weight is 253 g/mol. The summed E-state index contributed by atoms with van der Waals surface area (Å²) >= 11 is 0. The summed E-state index contributed by atoms with van der Waals surface area (Å²) in [5, 5.41) is 8.89. The van der Waals surface area contributed by atoms with Gasteiger partial charge < -0.3 is 5.11 Å². The van der Waals surface area contributed by atoms with E-state index in [1.807, 2.05) is 17.9 Å². The fourth-order valence-electron chi connectivity index (χ4n) is 1.76. The van der Waals surface area contributed by atoms with Crippen LogP contribution in [0.2, 0.25) is 0 Å². The smallest absolute Gasteiger partial charge is 0.307 e. The molecule has 1 aromatic carbocycles. The lowest BCUT2D eigenvalue weighted by Crippen LogP contribution is -2.31. The van der Waals surface area contributed by atoms with Gasteiger partial charge in [0.2, 0.25) is 0 Å². The zero-order valence-electron chi connectivity index (χ0n) is 11.1. The Labute approximate surface area is 107 Å². The molecule has 4 heteroatoms. The Morgan fingerprint density at radius 2 is 2.17 bits per heavy atom. The molecule has 0 saturated carbocycles. The van der Waals surface area contributed by atoms with Crippen molar-refractivity contribution >= 4 is 5.97 Å². The number of halogens is 1. The summed E-state index contributed by atoms with van der Waals surface area (Å²) in [6.45, 7) is 7.17. The van der Waals surface area contributed by atoms with Gasteiger partial charge in [0, 0.05) is 13.1 Å². The Kier molecular flexibility index (Phi) is 5.28. The Morgan fingerprint density at radius 1 is 1.50 bits per heavy atom. The molecule has 1 aromatic rings. The minimum Gasteiger partial charge on any atom is -0.481 e. The van der Waals surface area contributed by atoms with Crippen molar-refractivity contribution in [2.45, 2.75) is 27.3 Å². The number of nitrogens with zero attached hydrogens (tertiary/aromatic N) is 1. The molecule has 18 heavy (non-hydrogen) atoms. The van der Waals surface area contributed by atoms with E-state index in [0.717, 1.165) is 12.1 Å². The van der Waals surface area contributed by atoms with Crippen LogP contribution >= 0.6 is 0 Å². The third kappa shape index (κ3) is 4.11. The van der Waals surface area contributed by atoms with E-state index < -0.39 is 11.9 Å². The van der Waals surface area contributed by atoms with Gasteiger partial charge >= 0.3 is 5.97 Å². The first-order valence-corrected chi connectivity index (χ1v) is 6.14. The predicted octanol–water partition coefficient (Wildman–Crippen LogP) is 2.68. The summed E-state index contributed by atoms with van der Waals surface area (Å²) in [4.78, 5) is 12.8. The highest BCUT2D eigenvalue weighted by Gasteiger charge is 2.15. The quantitative estimate of drug-likeness (QED) is 0.847.